The lowest BCUT2D eigenvalue weighted by Gasteiger charge is -2.26. The molecule has 0 N–H and O–H groups in total. The highest BCUT2D eigenvalue weighted by Crippen LogP contribution is 2.49. The molecule has 0 unspecified atom stereocenters. The summed E-state index contributed by atoms with van der Waals surface area (Å²) in [6.45, 7) is 4.66. The zero-order valence-corrected chi connectivity index (χ0v) is 25.3. The van der Waals surface area contributed by atoms with E-state index in [0.717, 1.165) is 39.0 Å². The van der Waals surface area contributed by atoms with Gasteiger partial charge in [-0.05, 0) is 92.7 Å². The molecule has 0 aliphatic heterocycles. The first-order valence-corrected chi connectivity index (χ1v) is 15.6. The van der Waals surface area contributed by atoms with Crippen molar-refractivity contribution in [1.82, 2.24) is 0 Å². The molecule has 0 atom stereocenters. The summed E-state index contributed by atoms with van der Waals surface area (Å²) in [6, 6.07) is 54.8. The lowest BCUT2D eigenvalue weighted by Crippen LogP contribution is -2.14. The summed E-state index contributed by atoms with van der Waals surface area (Å²) >= 11 is 0. The van der Waals surface area contributed by atoms with Crippen molar-refractivity contribution in [2.24, 2.45) is 0 Å². The average Bonchev–Trinajstić information content (AvgIpc) is 3.57. The van der Waals surface area contributed by atoms with Gasteiger partial charge in [-0.1, -0.05) is 111 Å². The third-order valence-electron chi connectivity index (χ3n) is 9.65. The van der Waals surface area contributed by atoms with Gasteiger partial charge in [-0.3, -0.25) is 0 Å². The number of fused-ring (bicyclic) bond motifs is 7. The molecule has 1 aliphatic rings. The van der Waals surface area contributed by atoms with E-state index in [1.165, 1.54) is 44.2 Å². The van der Waals surface area contributed by atoms with Gasteiger partial charge in [-0.25, -0.2) is 0 Å². The molecular weight excluding hydrogens is 546 g/mol. The number of hydrogen-bond donors (Lipinski definition) is 0. The number of furan rings is 1. The highest BCUT2D eigenvalue weighted by molar-refractivity contribution is 6.06. The summed E-state index contributed by atoms with van der Waals surface area (Å²) in [5, 5.41) is 4.71. The second-order valence-electron chi connectivity index (χ2n) is 12.6. The number of anilines is 3. The normalized spacial score (nSPS) is 13.3. The van der Waals surface area contributed by atoms with Crippen LogP contribution in [0.4, 0.5) is 17.1 Å². The molecule has 2 nitrogen and oxygen atoms in total. The van der Waals surface area contributed by atoms with Gasteiger partial charge < -0.3 is 9.32 Å². The fourth-order valence-electron chi connectivity index (χ4n) is 7.32. The molecule has 0 spiro atoms. The third-order valence-corrected chi connectivity index (χ3v) is 9.65. The van der Waals surface area contributed by atoms with Gasteiger partial charge in [-0.15, -0.1) is 0 Å². The maximum atomic E-state index is 6.31. The largest absolute Gasteiger partial charge is 0.456 e. The van der Waals surface area contributed by atoms with Crippen LogP contribution in [0.25, 0.3) is 55.0 Å². The molecule has 0 saturated heterocycles. The maximum Gasteiger partial charge on any atom is 0.137 e. The summed E-state index contributed by atoms with van der Waals surface area (Å²) in [7, 11) is 0. The Morgan fingerprint density at radius 3 is 1.98 bits per heavy atom. The van der Waals surface area contributed by atoms with Crippen LogP contribution in [-0.2, 0) is 5.41 Å². The zero-order chi connectivity index (χ0) is 30.1. The highest BCUT2D eigenvalue weighted by atomic mass is 16.3. The van der Waals surface area contributed by atoms with E-state index < -0.39 is 0 Å². The molecule has 0 radical (unpaired) electrons. The van der Waals surface area contributed by atoms with E-state index in [2.05, 4.69) is 158 Å². The monoisotopic (exact) mass is 577 g/mol. The van der Waals surface area contributed by atoms with Crippen molar-refractivity contribution < 1.29 is 4.42 Å². The molecule has 1 aromatic heterocycles. The van der Waals surface area contributed by atoms with Gasteiger partial charge in [0.1, 0.15) is 11.2 Å². The minimum absolute atomic E-state index is 0.00954. The van der Waals surface area contributed by atoms with Crippen molar-refractivity contribution >= 4 is 49.8 Å². The Hall–Kier alpha value is -5.60. The molecule has 8 aromatic rings. The van der Waals surface area contributed by atoms with Crippen molar-refractivity contribution in [3.05, 3.63) is 163 Å². The highest BCUT2D eigenvalue weighted by Gasteiger charge is 2.35. The zero-order valence-electron chi connectivity index (χ0n) is 25.3. The van der Waals surface area contributed by atoms with Crippen LogP contribution in [0, 0.1) is 0 Å². The molecule has 214 valence electrons. The van der Waals surface area contributed by atoms with Crippen molar-refractivity contribution in [2.45, 2.75) is 19.3 Å². The predicted molar refractivity (Wildman–Crippen MR) is 189 cm³/mol. The predicted octanol–water partition coefficient (Wildman–Crippen LogP) is 12.2. The maximum absolute atomic E-state index is 6.31. The fraction of sp³-hybridized carbons (Fsp3) is 0.0698. The first-order chi connectivity index (χ1) is 22.0. The second kappa shape index (κ2) is 9.70. The lowest BCUT2D eigenvalue weighted by molar-refractivity contribution is 0.660. The van der Waals surface area contributed by atoms with Gasteiger partial charge in [0.15, 0.2) is 0 Å². The van der Waals surface area contributed by atoms with Crippen molar-refractivity contribution in [3.63, 3.8) is 0 Å². The van der Waals surface area contributed by atoms with Gasteiger partial charge in [0.2, 0.25) is 0 Å². The number of rotatable bonds is 4. The number of benzene rings is 7. The minimum Gasteiger partial charge on any atom is -0.456 e. The Bertz CT molecular complexity index is 2410. The summed E-state index contributed by atoms with van der Waals surface area (Å²) in [4.78, 5) is 2.32. The Morgan fingerprint density at radius 1 is 0.444 bits per heavy atom. The van der Waals surface area contributed by atoms with E-state index in [9.17, 15) is 0 Å². The van der Waals surface area contributed by atoms with E-state index in [0.29, 0.717) is 0 Å². The van der Waals surface area contributed by atoms with Crippen molar-refractivity contribution in [3.8, 4) is 22.3 Å². The average molecular weight is 578 g/mol. The third kappa shape index (κ3) is 4.03. The van der Waals surface area contributed by atoms with Crippen LogP contribution in [0.5, 0.6) is 0 Å². The van der Waals surface area contributed by atoms with Gasteiger partial charge in [0.05, 0.1) is 0 Å². The van der Waals surface area contributed by atoms with Crippen molar-refractivity contribution in [1.29, 1.82) is 0 Å². The number of para-hydroxylation sites is 1. The summed E-state index contributed by atoms with van der Waals surface area (Å²) in [5.41, 5.74) is 13.0. The fourth-order valence-corrected chi connectivity index (χ4v) is 7.32. The van der Waals surface area contributed by atoms with E-state index in [-0.39, 0.29) is 5.41 Å². The molecule has 0 amide bonds. The van der Waals surface area contributed by atoms with Gasteiger partial charge in [-0.2, -0.15) is 0 Å². The number of nitrogens with zero attached hydrogens (tertiary/aromatic N) is 1. The summed E-state index contributed by atoms with van der Waals surface area (Å²) in [5.74, 6) is 0. The van der Waals surface area contributed by atoms with Gasteiger partial charge in [0.25, 0.3) is 0 Å². The topological polar surface area (TPSA) is 16.4 Å². The van der Waals surface area contributed by atoms with Crippen LogP contribution < -0.4 is 4.90 Å². The minimum atomic E-state index is 0.00954. The molecule has 45 heavy (non-hydrogen) atoms. The Kier molecular flexibility index (Phi) is 5.58. The second-order valence-corrected chi connectivity index (χ2v) is 12.6. The van der Waals surface area contributed by atoms with Gasteiger partial charge >= 0.3 is 0 Å². The standard InChI is InChI=1S/C43H31NO/c1-43(2)39-13-7-5-11-35(39)38-26-31(18-24-40(38)43)29-15-19-32(20-16-29)44(33-21-17-28-9-3-4-10-30(28)25-33)34-22-23-37-36-12-6-8-14-41(36)45-42(37)27-34/h3-27H,1-2H3. The molecule has 2 heteroatoms. The summed E-state index contributed by atoms with van der Waals surface area (Å²) < 4.78 is 6.31. The van der Waals surface area contributed by atoms with Crippen molar-refractivity contribution in [2.75, 3.05) is 4.90 Å². The Balaban J connectivity index is 1.16. The SMILES string of the molecule is CC1(C)c2ccccc2-c2cc(-c3ccc(N(c4ccc5ccccc5c4)c4ccc5c(c4)oc4ccccc45)cc3)ccc21. The molecule has 0 saturated carbocycles. The quantitative estimate of drug-likeness (QED) is 0.207. The first kappa shape index (κ1) is 25.9. The molecule has 0 bridgehead atoms. The van der Waals surface area contributed by atoms with E-state index in [1.54, 1.807) is 0 Å². The van der Waals surface area contributed by atoms with E-state index in [1.807, 2.05) is 12.1 Å². The Morgan fingerprint density at radius 2 is 1.09 bits per heavy atom. The summed E-state index contributed by atoms with van der Waals surface area (Å²) in [6.07, 6.45) is 0. The first-order valence-electron chi connectivity index (χ1n) is 15.6. The molecule has 0 fully saturated rings. The van der Waals surface area contributed by atoms with Crippen LogP contribution in [0.3, 0.4) is 0 Å². The van der Waals surface area contributed by atoms with Crippen LogP contribution in [0.1, 0.15) is 25.0 Å². The van der Waals surface area contributed by atoms with Crippen LogP contribution in [-0.4, -0.2) is 0 Å². The lowest BCUT2D eigenvalue weighted by atomic mass is 9.82. The van der Waals surface area contributed by atoms with E-state index >= 15 is 0 Å². The molecule has 1 aliphatic carbocycles. The smallest absolute Gasteiger partial charge is 0.137 e. The number of hydrogen-bond acceptors (Lipinski definition) is 2. The molecule has 9 rings (SSSR count). The molecule has 1 heterocycles. The molecular formula is C43H31NO. The van der Waals surface area contributed by atoms with Crippen LogP contribution >= 0.6 is 0 Å². The molecule has 7 aromatic carbocycles. The Labute approximate surface area is 262 Å². The van der Waals surface area contributed by atoms with Gasteiger partial charge in [0, 0.05) is 39.3 Å². The van der Waals surface area contributed by atoms with Crippen LogP contribution in [0.2, 0.25) is 0 Å². The van der Waals surface area contributed by atoms with Crippen LogP contribution in [0.15, 0.2) is 156 Å². The van der Waals surface area contributed by atoms with E-state index in [4.69, 9.17) is 4.42 Å².